The summed E-state index contributed by atoms with van der Waals surface area (Å²) in [6, 6.07) is 13.8. The van der Waals surface area contributed by atoms with Crippen LogP contribution in [0.1, 0.15) is 66.2 Å². The van der Waals surface area contributed by atoms with E-state index in [1.54, 1.807) is 21.0 Å². The number of fused-ring (bicyclic) bond motifs is 1. The van der Waals surface area contributed by atoms with Crippen LogP contribution >= 0.6 is 0 Å². The van der Waals surface area contributed by atoms with Crippen LogP contribution in [0.5, 0.6) is 5.75 Å². The average Bonchev–Trinajstić information content (AvgIpc) is 2.66. The van der Waals surface area contributed by atoms with Crippen LogP contribution in [0.15, 0.2) is 42.5 Å². The maximum absolute atomic E-state index is 12.8. The minimum Gasteiger partial charge on any atom is -0.497 e. The first-order valence-corrected chi connectivity index (χ1v) is 9.65. The Bertz CT molecular complexity index is 808. The molecule has 27 heavy (non-hydrogen) atoms. The van der Waals surface area contributed by atoms with Crippen molar-refractivity contribution in [1.82, 2.24) is 5.32 Å². The van der Waals surface area contributed by atoms with E-state index in [0.717, 1.165) is 37.0 Å². The van der Waals surface area contributed by atoms with Crippen LogP contribution in [0.25, 0.3) is 0 Å². The highest BCUT2D eigenvalue weighted by Gasteiger charge is 2.23. The number of aliphatic hydroxyl groups is 1. The van der Waals surface area contributed by atoms with Gasteiger partial charge in [-0.1, -0.05) is 18.2 Å². The van der Waals surface area contributed by atoms with Crippen molar-refractivity contribution in [1.29, 1.82) is 0 Å². The van der Waals surface area contributed by atoms with Crippen LogP contribution < -0.4 is 10.1 Å². The van der Waals surface area contributed by atoms with E-state index in [2.05, 4.69) is 17.4 Å². The SMILES string of the molecule is COc1ccc2c(c1)CCCC2NC(=O)c1cccc(CCC(C)(C)O)c1. The van der Waals surface area contributed by atoms with E-state index in [4.69, 9.17) is 4.74 Å². The summed E-state index contributed by atoms with van der Waals surface area (Å²) in [5, 5.41) is 13.1. The number of rotatable bonds is 6. The molecule has 1 amide bonds. The second-order valence-electron chi connectivity index (χ2n) is 8.00. The lowest BCUT2D eigenvalue weighted by molar-refractivity contribution is 0.0714. The van der Waals surface area contributed by atoms with Gasteiger partial charge in [-0.25, -0.2) is 0 Å². The number of amides is 1. The minimum absolute atomic E-state index is 0.0344. The molecule has 144 valence electrons. The van der Waals surface area contributed by atoms with Gasteiger partial charge in [0.2, 0.25) is 0 Å². The fourth-order valence-corrected chi connectivity index (χ4v) is 3.63. The molecule has 3 rings (SSSR count). The highest BCUT2D eigenvalue weighted by molar-refractivity contribution is 5.94. The maximum atomic E-state index is 12.8. The zero-order valence-corrected chi connectivity index (χ0v) is 16.4. The summed E-state index contributed by atoms with van der Waals surface area (Å²) in [5.41, 5.74) is 3.48. The molecule has 0 spiro atoms. The number of hydrogen-bond acceptors (Lipinski definition) is 3. The second kappa shape index (κ2) is 8.13. The van der Waals surface area contributed by atoms with E-state index in [1.165, 1.54) is 11.1 Å². The third-order valence-corrected chi connectivity index (χ3v) is 5.18. The van der Waals surface area contributed by atoms with Gasteiger partial charge < -0.3 is 15.2 Å². The number of benzene rings is 2. The number of methoxy groups -OCH3 is 1. The molecule has 0 heterocycles. The summed E-state index contributed by atoms with van der Waals surface area (Å²) < 4.78 is 5.32. The summed E-state index contributed by atoms with van der Waals surface area (Å²) in [5.74, 6) is 0.814. The molecule has 0 fully saturated rings. The fraction of sp³-hybridized carbons (Fsp3) is 0.435. The van der Waals surface area contributed by atoms with Gasteiger partial charge in [0, 0.05) is 5.56 Å². The number of carbonyl (C=O) groups excluding carboxylic acids is 1. The third-order valence-electron chi connectivity index (χ3n) is 5.18. The van der Waals surface area contributed by atoms with Gasteiger partial charge in [-0.15, -0.1) is 0 Å². The minimum atomic E-state index is -0.703. The average molecular weight is 367 g/mol. The Labute approximate surface area is 161 Å². The highest BCUT2D eigenvalue weighted by atomic mass is 16.5. The van der Waals surface area contributed by atoms with Gasteiger partial charge >= 0.3 is 0 Å². The summed E-state index contributed by atoms with van der Waals surface area (Å²) >= 11 is 0. The smallest absolute Gasteiger partial charge is 0.251 e. The molecular formula is C23H29NO3. The largest absolute Gasteiger partial charge is 0.497 e. The first-order chi connectivity index (χ1) is 12.9. The molecule has 4 heteroatoms. The molecule has 0 saturated heterocycles. The van der Waals surface area contributed by atoms with Crippen molar-refractivity contribution in [2.24, 2.45) is 0 Å². The molecule has 0 radical (unpaired) electrons. The van der Waals surface area contributed by atoms with Crippen molar-refractivity contribution in [2.75, 3.05) is 7.11 Å². The molecule has 0 saturated carbocycles. The van der Waals surface area contributed by atoms with Crippen LogP contribution in [-0.4, -0.2) is 23.7 Å². The molecular weight excluding hydrogens is 338 g/mol. The zero-order valence-electron chi connectivity index (χ0n) is 16.4. The number of nitrogens with one attached hydrogen (secondary N) is 1. The second-order valence-corrected chi connectivity index (χ2v) is 8.00. The van der Waals surface area contributed by atoms with E-state index in [1.807, 2.05) is 30.3 Å². The normalized spacial score (nSPS) is 16.5. The van der Waals surface area contributed by atoms with Gasteiger partial charge in [0.1, 0.15) is 5.75 Å². The number of aryl methyl sites for hydroxylation is 2. The monoisotopic (exact) mass is 367 g/mol. The van der Waals surface area contributed by atoms with Crippen LogP contribution in [0, 0.1) is 0 Å². The Kier molecular flexibility index (Phi) is 5.85. The number of carbonyl (C=O) groups is 1. The lowest BCUT2D eigenvalue weighted by Crippen LogP contribution is -2.31. The van der Waals surface area contributed by atoms with Crippen LogP contribution in [0.3, 0.4) is 0 Å². The van der Waals surface area contributed by atoms with Crippen LogP contribution in [-0.2, 0) is 12.8 Å². The summed E-state index contributed by atoms with van der Waals surface area (Å²) in [4.78, 5) is 12.8. The standard InChI is InChI=1S/C23H29NO3/c1-23(2,26)13-12-16-6-4-8-18(14-16)22(25)24-21-9-5-7-17-15-19(27-3)10-11-20(17)21/h4,6,8,10-11,14-15,21,26H,5,7,9,12-13H2,1-3H3,(H,24,25). The van der Waals surface area contributed by atoms with Crippen LogP contribution in [0.4, 0.5) is 0 Å². The summed E-state index contributed by atoms with van der Waals surface area (Å²) in [6.07, 6.45) is 4.43. The molecule has 4 nitrogen and oxygen atoms in total. The highest BCUT2D eigenvalue weighted by Crippen LogP contribution is 2.32. The van der Waals surface area contributed by atoms with Gasteiger partial charge in [0.05, 0.1) is 18.8 Å². The molecule has 2 N–H and O–H groups in total. The Morgan fingerprint density at radius 3 is 2.81 bits per heavy atom. The molecule has 2 aromatic carbocycles. The molecule has 0 aliphatic heterocycles. The van der Waals surface area contributed by atoms with E-state index >= 15 is 0 Å². The van der Waals surface area contributed by atoms with Gasteiger partial charge in [-0.05, 0) is 86.9 Å². The predicted octanol–water partition coefficient (Wildman–Crippen LogP) is 4.21. The Balaban J connectivity index is 1.71. The third kappa shape index (κ3) is 5.10. The maximum Gasteiger partial charge on any atom is 0.251 e. The van der Waals surface area contributed by atoms with E-state index in [-0.39, 0.29) is 11.9 Å². The fourth-order valence-electron chi connectivity index (χ4n) is 3.63. The van der Waals surface area contributed by atoms with Crippen molar-refractivity contribution < 1.29 is 14.6 Å². The first kappa shape index (κ1) is 19.4. The lowest BCUT2D eigenvalue weighted by atomic mass is 9.87. The molecule has 1 unspecified atom stereocenters. The Morgan fingerprint density at radius 1 is 1.26 bits per heavy atom. The van der Waals surface area contributed by atoms with Crippen molar-refractivity contribution in [2.45, 2.75) is 57.6 Å². The van der Waals surface area contributed by atoms with Crippen molar-refractivity contribution in [3.05, 3.63) is 64.7 Å². The predicted molar refractivity (Wildman–Crippen MR) is 107 cm³/mol. The molecule has 0 aromatic heterocycles. The first-order valence-electron chi connectivity index (χ1n) is 9.65. The van der Waals surface area contributed by atoms with E-state index in [9.17, 15) is 9.90 Å². The molecule has 1 aliphatic carbocycles. The lowest BCUT2D eigenvalue weighted by Gasteiger charge is -2.27. The Morgan fingerprint density at radius 2 is 2.07 bits per heavy atom. The molecule has 0 bridgehead atoms. The van der Waals surface area contributed by atoms with Gasteiger partial charge in [0.15, 0.2) is 0 Å². The molecule has 1 atom stereocenters. The summed E-state index contributed by atoms with van der Waals surface area (Å²) in [7, 11) is 1.68. The van der Waals surface area contributed by atoms with Crippen molar-refractivity contribution in [3.63, 3.8) is 0 Å². The van der Waals surface area contributed by atoms with Crippen LogP contribution in [0.2, 0.25) is 0 Å². The zero-order chi connectivity index (χ0) is 19.4. The topological polar surface area (TPSA) is 58.6 Å². The molecule has 1 aliphatic rings. The Hall–Kier alpha value is -2.33. The van der Waals surface area contributed by atoms with Gasteiger partial charge in [0.25, 0.3) is 5.91 Å². The van der Waals surface area contributed by atoms with E-state index in [0.29, 0.717) is 12.0 Å². The van der Waals surface area contributed by atoms with Crippen molar-refractivity contribution >= 4 is 5.91 Å². The number of ether oxygens (including phenoxy) is 1. The molecule has 2 aromatic rings. The van der Waals surface area contributed by atoms with Crippen molar-refractivity contribution in [3.8, 4) is 5.75 Å². The van der Waals surface area contributed by atoms with Gasteiger partial charge in [-0.2, -0.15) is 0 Å². The number of hydrogen-bond donors (Lipinski definition) is 2. The van der Waals surface area contributed by atoms with Gasteiger partial charge in [-0.3, -0.25) is 4.79 Å². The summed E-state index contributed by atoms with van der Waals surface area (Å²) in [6.45, 7) is 3.61. The van der Waals surface area contributed by atoms with E-state index < -0.39 is 5.60 Å². The quantitative estimate of drug-likeness (QED) is 0.804.